The monoisotopic (exact) mass is 429 g/mol. The standard InChI is InChI=1S/C25H17ClFN3O/c26-21-9-3-5-11-23(21)29-25(31)18(14-28)13-19-16-30(24-12-6-2-8-20(19)24)15-17-7-1-4-10-22(17)27/h1-13,16H,15H2,(H,29,31)/b18-13+. The van der Waals surface area contributed by atoms with Crippen molar-refractivity contribution < 1.29 is 9.18 Å². The topological polar surface area (TPSA) is 57.8 Å². The minimum Gasteiger partial charge on any atom is -0.342 e. The van der Waals surface area contributed by atoms with E-state index >= 15 is 0 Å². The van der Waals surface area contributed by atoms with Crippen molar-refractivity contribution in [1.82, 2.24) is 4.57 Å². The molecule has 6 heteroatoms. The van der Waals surface area contributed by atoms with E-state index in [2.05, 4.69) is 5.32 Å². The molecule has 0 unspecified atom stereocenters. The van der Waals surface area contributed by atoms with Crippen LogP contribution >= 0.6 is 11.6 Å². The fourth-order valence-corrected chi connectivity index (χ4v) is 3.57. The van der Waals surface area contributed by atoms with Gasteiger partial charge in [0, 0.05) is 28.2 Å². The Morgan fingerprint density at radius 2 is 1.77 bits per heavy atom. The second-order valence-corrected chi connectivity index (χ2v) is 7.33. The zero-order valence-electron chi connectivity index (χ0n) is 16.3. The average molecular weight is 430 g/mol. The van der Waals surface area contributed by atoms with Gasteiger partial charge in [-0.25, -0.2) is 4.39 Å². The molecule has 0 saturated heterocycles. The number of nitrogens with zero attached hydrogens (tertiary/aromatic N) is 2. The molecule has 0 aliphatic heterocycles. The molecule has 0 aliphatic carbocycles. The number of nitriles is 1. The molecular weight excluding hydrogens is 413 g/mol. The number of aromatic nitrogens is 1. The third-order valence-corrected chi connectivity index (χ3v) is 5.23. The van der Waals surface area contributed by atoms with Gasteiger partial charge in [0.05, 0.1) is 17.3 Å². The molecule has 0 fully saturated rings. The molecule has 0 atom stereocenters. The normalized spacial score (nSPS) is 11.3. The molecule has 0 saturated carbocycles. The van der Waals surface area contributed by atoms with Gasteiger partial charge < -0.3 is 9.88 Å². The second kappa shape index (κ2) is 8.86. The van der Waals surface area contributed by atoms with Crippen molar-refractivity contribution in [3.63, 3.8) is 0 Å². The highest BCUT2D eigenvalue weighted by Gasteiger charge is 2.14. The third kappa shape index (κ3) is 4.35. The smallest absolute Gasteiger partial charge is 0.266 e. The van der Waals surface area contributed by atoms with E-state index < -0.39 is 5.91 Å². The second-order valence-electron chi connectivity index (χ2n) is 6.92. The summed E-state index contributed by atoms with van der Waals surface area (Å²) in [6.07, 6.45) is 3.35. The Bertz CT molecular complexity index is 1350. The summed E-state index contributed by atoms with van der Waals surface area (Å²) < 4.78 is 16.1. The molecule has 1 N–H and O–H groups in total. The molecular formula is C25H17ClFN3O. The summed E-state index contributed by atoms with van der Waals surface area (Å²) in [6, 6.07) is 23.0. The van der Waals surface area contributed by atoms with Gasteiger partial charge in [-0.3, -0.25) is 4.79 Å². The number of rotatable bonds is 5. The van der Waals surface area contributed by atoms with Crippen LogP contribution in [0.2, 0.25) is 5.02 Å². The predicted octanol–water partition coefficient (Wildman–Crippen LogP) is 6.03. The molecule has 31 heavy (non-hydrogen) atoms. The van der Waals surface area contributed by atoms with Crippen LogP contribution in [-0.4, -0.2) is 10.5 Å². The van der Waals surface area contributed by atoms with Gasteiger partial charge in [0.15, 0.2) is 0 Å². The largest absolute Gasteiger partial charge is 0.342 e. The molecule has 0 bridgehead atoms. The van der Waals surface area contributed by atoms with E-state index in [1.807, 2.05) is 41.1 Å². The maximum absolute atomic E-state index is 14.2. The molecule has 0 aliphatic rings. The summed E-state index contributed by atoms with van der Waals surface area (Å²) in [4.78, 5) is 12.7. The van der Waals surface area contributed by atoms with E-state index in [-0.39, 0.29) is 11.4 Å². The van der Waals surface area contributed by atoms with Crippen molar-refractivity contribution in [2.75, 3.05) is 5.32 Å². The Labute approximate surface area is 183 Å². The Morgan fingerprint density at radius 1 is 1.06 bits per heavy atom. The molecule has 3 aromatic carbocycles. The van der Waals surface area contributed by atoms with Gasteiger partial charge in [-0.15, -0.1) is 0 Å². The van der Waals surface area contributed by atoms with Crippen LogP contribution in [0.3, 0.4) is 0 Å². The van der Waals surface area contributed by atoms with Gasteiger partial charge in [0.2, 0.25) is 0 Å². The highest BCUT2D eigenvalue weighted by atomic mass is 35.5. The highest BCUT2D eigenvalue weighted by Crippen LogP contribution is 2.26. The first-order chi connectivity index (χ1) is 15.1. The lowest BCUT2D eigenvalue weighted by molar-refractivity contribution is -0.112. The highest BCUT2D eigenvalue weighted by molar-refractivity contribution is 6.34. The maximum Gasteiger partial charge on any atom is 0.266 e. The summed E-state index contributed by atoms with van der Waals surface area (Å²) in [5.41, 5.74) is 2.49. The number of hydrogen-bond donors (Lipinski definition) is 1. The Kier molecular flexibility index (Phi) is 5.83. The summed E-state index contributed by atoms with van der Waals surface area (Å²) in [7, 11) is 0. The Morgan fingerprint density at radius 3 is 2.55 bits per heavy atom. The number of benzene rings is 3. The molecule has 4 rings (SSSR count). The third-order valence-electron chi connectivity index (χ3n) is 4.90. The quantitative estimate of drug-likeness (QED) is 0.311. The van der Waals surface area contributed by atoms with E-state index in [9.17, 15) is 14.4 Å². The van der Waals surface area contributed by atoms with E-state index in [0.717, 1.165) is 10.9 Å². The van der Waals surface area contributed by atoms with Crippen LogP contribution < -0.4 is 5.32 Å². The number of amides is 1. The first kappa shape index (κ1) is 20.4. The average Bonchev–Trinajstić information content (AvgIpc) is 3.12. The molecule has 1 heterocycles. The van der Waals surface area contributed by atoms with Gasteiger partial charge in [-0.05, 0) is 30.3 Å². The van der Waals surface area contributed by atoms with Crippen LogP contribution in [0.1, 0.15) is 11.1 Å². The summed E-state index contributed by atoms with van der Waals surface area (Å²) in [5, 5.41) is 13.5. The maximum atomic E-state index is 14.2. The van der Waals surface area contributed by atoms with Crippen LogP contribution in [0.15, 0.2) is 84.6 Å². The van der Waals surface area contributed by atoms with E-state index in [1.165, 1.54) is 12.1 Å². The lowest BCUT2D eigenvalue weighted by Gasteiger charge is -2.06. The van der Waals surface area contributed by atoms with Crippen LogP contribution in [0.25, 0.3) is 17.0 Å². The first-order valence-corrected chi connectivity index (χ1v) is 9.93. The van der Waals surface area contributed by atoms with Gasteiger partial charge in [0.1, 0.15) is 17.5 Å². The number of fused-ring (bicyclic) bond motifs is 1. The van der Waals surface area contributed by atoms with Crippen molar-refractivity contribution >= 4 is 40.2 Å². The lowest BCUT2D eigenvalue weighted by Crippen LogP contribution is -2.13. The van der Waals surface area contributed by atoms with Crippen molar-refractivity contribution in [3.05, 3.63) is 107 Å². The number of anilines is 1. The molecule has 1 amide bonds. The molecule has 1 aromatic heterocycles. The van der Waals surface area contributed by atoms with Gasteiger partial charge in [-0.1, -0.05) is 60.1 Å². The van der Waals surface area contributed by atoms with E-state index in [0.29, 0.717) is 28.4 Å². The minimum absolute atomic E-state index is 0.0614. The number of nitrogens with one attached hydrogen (secondary N) is 1. The lowest BCUT2D eigenvalue weighted by atomic mass is 10.1. The van der Waals surface area contributed by atoms with Crippen molar-refractivity contribution in [1.29, 1.82) is 5.26 Å². The zero-order chi connectivity index (χ0) is 21.8. The fraction of sp³-hybridized carbons (Fsp3) is 0.0400. The molecule has 152 valence electrons. The van der Waals surface area contributed by atoms with Crippen LogP contribution in [-0.2, 0) is 11.3 Å². The van der Waals surface area contributed by atoms with E-state index in [4.69, 9.17) is 11.6 Å². The Hall–Kier alpha value is -3.88. The van der Waals surface area contributed by atoms with Gasteiger partial charge in [0.25, 0.3) is 5.91 Å². The minimum atomic E-state index is -0.554. The predicted molar refractivity (Wildman–Crippen MR) is 121 cm³/mol. The van der Waals surface area contributed by atoms with Crippen molar-refractivity contribution in [3.8, 4) is 6.07 Å². The van der Waals surface area contributed by atoms with Crippen LogP contribution in [0.4, 0.5) is 10.1 Å². The molecule has 0 spiro atoms. The van der Waals surface area contributed by atoms with Gasteiger partial charge >= 0.3 is 0 Å². The number of hydrogen-bond acceptors (Lipinski definition) is 2. The Balaban J connectivity index is 1.71. The van der Waals surface area contributed by atoms with Gasteiger partial charge in [-0.2, -0.15) is 5.26 Å². The summed E-state index contributed by atoms with van der Waals surface area (Å²) in [5.74, 6) is -0.837. The molecule has 0 radical (unpaired) electrons. The first-order valence-electron chi connectivity index (χ1n) is 9.56. The zero-order valence-corrected chi connectivity index (χ0v) is 17.1. The van der Waals surface area contributed by atoms with Crippen molar-refractivity contribution in [2.24, 2.45) is 0 Å². The molecule has 4 nitrogen and oxygen atoms in total. The van der Waals surface area contributed by atoms with Crippen LogP contribution in [0, 0.1) is 17.1 Å². The number of carbonyl (C=O) groups is 1. The number of carbonyl (C=O) groups excluding carboxylic acids is 1. The summed E-state index contributed by atoms with van der Waals surface area (Å²) in [6.45, 7) is 0.328. The van der Waals surface area contributed by atoms with Crippen LogP contribution in [0.5, 0.6) is 0 Å². The van der Waals surface area contributed by atoms with E-state index in [1.54, 1.807) is 42.5 Å². The number of halogens is 2. The SMILES string of the molecule is N#C/C(=C\c1cn(Cc2ccccc2F)c2ccccc12)C(=O)Nc1ccccc1Cl. The fourth-order valence-electron chi connectivity index (χ4n) is 3.39. The summed E-state index contributed by atoms with van der Waals surface area (Å²) >= 11 is 6.10. The van der Waals surface area contributed by atoms with Crippen molar-refractivity contribution in [2.45, 2.75) is 6.54 Å². The molecule has 4 aromatic rings. The number of para-hydroxylation sites is 2.